The summed E-state index contributed by atoms with van der Waals surface area (Å²) >= 11 is 0. The number of benzene rings is 3. The van der Waals surface area contributed by atoms with Gasteiger partial charge in [0, 0.05) is 17.7 Å². The van der Waals surface area contributed by atoms with Gasteiger partial charge >= 0.3 is 5.97 Å². The van der Waals surface area contributed by atoms with Gasteiger partial charge in [-0.25, -0.2) is 4.79 Å². The van der Waals surface area contributed by atoms with Crippen LogP contribution in [0.1, 0.15) is 20.7 Å². The Hall–Kier alpha value is -4.00. The number of hydrogen-bond acceptors (Lipinski definition) is 6. The second-order valence-corrected chi connectivity index (χ2v) is 5.45. The van der Waals surface area contributed by atoms with Gasteiger partial charge in [-0.1, -0.05) is 0 Å². The van der Waals surface area contributed by atoms with Crippen molar-refractivity contribution in [3.63, 3.8) is 0 Å². The number of nitro benzene ring substituents is 1. The molecule has 3 aromatic rings. The molecule has 0 radical (unpaired) electrons. The largest absolute Gasteiger partial charge is 0.457 e. The zero-order chi connectivity index (χ0) is 19.2. The van der Waals surface area contributed by atoms with E-state index in [0.29, 0.717) is 34.7 Å². The van der Waals surface area contributed by atoms with E-state index in [2.05, 4.69) is 0 Å². The van der Waals surface area contributed by atoms with Crippen LogP contribution < -0.4 is 9.47 Å². The molecule has 27 heavy (non-hydrogen) atoms. The number of nitro groups is 1. The van der Waals surface area contributed by atoms with E-state index >= 15 is 0 Å². The third-order valence-electron chi connectivity index (χ3n) is 3.60. The lowest BCUT2D eigenvalue weighted by atomic mass is 10.2. The number of non-ortho nitro benzene ring substituents is 1. The summed E-state index contributed by atoms with van der Waals surface area (Å²) in [6, 6.07) is 18.1. The number of nitrogens with zero attached hydrogens (tertiary/aromatic N) is 1. The van der Waals surface area contributed by atoms with Gasteiger partial charge in [0.15, 0.2) is 0 Å². The molecule has 0 bridgehead atoms. The Morgan fingerprint density at radius 2 is 1.33 bits per heavy atom. The summed E-state index contributed by atoms with van der Waals surface area (Å²) in [5, 5.41) is 10.6. The van der Waals surface area contributed by atoms with Gasteiger partial charge < -0.3 is 9.47 Å². The Morgan fingerprint density at radius 1 is 0.815 bits per heavy atom. The summed E-state index contributed by atoms with van der Waals surface area (Å²) in [5.74, 6) is 0.689. The highest BCUT2D eigenvalue weighted by molar-refractivity contribution is 5.91. The smallest absolute Gasteiger partial charge is 0.343 e. The Kier molecular flexibility index (Phi) is 5.22. The fourth-order valence-corrected chi connectivity index (χ4v) is 2.21. The van der Waals surface area contributed by atoms with Gasteiger partial charge in [-0.3, -0.25) is 14.9 Å². The third kappa shape index (κ3) is 4.55. The molecule has 0 aliphatic rings. The molecule has 0 N–H and O–H groups in total. The quantitative estimate of drug-likeness (QED) is 0.211. The van der Waals surface area contributed by atoms with Gasteiger partial charge in [-0.15, -0.1) is 0 Å². The molecule has 0 aliphatic carbocycles. The molecule has 0 unspecified atom stereocenters. The molecule has 7 heteroatoms. The first-order valence-electron chi connectivity index (χ1n) is 7.85. The van der Waals surface area contributed by atoms with Crippen LogP contribution in [0, 0.1) is 10.1 Å². The van der Waals surface area contributed by atoms with E-state index in [1.165, 1.54) is 36.4 Å². The normalized spacial score (nSPS) is 10.1. The van der Waals surface area contributed by atoms with E-state index < -0.39 is 10.9 Å². The lowest BCUT2D eigenvalue weighted by Crippen LogP contribution is -2.08. The van der Waals surface area contributed by atoms with Crippen LogP contribution in [0.15, 0.2) is 72.8 Å². The standard InChI is InChI=1S/C20H13NO6/c22-13-14-1-7-19(8-2-14)27-20(23)15-3-9-17(10-4-15)26-18-11-5-16(6-12-18)21(24)25/h1-13H. The maximum absolute atomic E-state index is 12.1. The summed E-state index contributed by atoms with van der Waals surface area (Å²) in [7, 11) is 0. The van der Waals surface area contributed by atoms with Crippen LogP contribution in [0.2, 0.25) is 0 Å². The zero-order valence-electron chi connectivity index (χ0n) is 13.9. The molecule has 0 fully saturated rings. The molecule has 0 heterocycles. The van der Waals surface area contributed by atoms with Crippen molar-refractivity contribution in [3.05, 3.63) is 94.0 Å². The molecule has 0 aliphatic heterocycles. The molecule has 0 saturated carbocycles. The summed E-state index contributed by atoms with van der Waals surface area (Å²) < 4.78 is 10.8. The van der Waals surface area contributed by atoms with Gasteiger partial charge in [-0.05, 0) is 60.7 Å². The van der Waals surface area contributed by atoms with Gasteiger partial charge in [0.1, 0.15) is 23.5 Å². The number of esters is 1. The monoisotopic (exact) mass is 363 g/mol. The van der Waals surface area contributed by atoms with E-state index in [9.17, 15) is 19.7 Å². The average Bonchev–Trinajstić information content (AvgIpc) is 2.69. The molecule has 7 nitrogen and oxygen atoms in total. The van der Waals surface area contributed by atoms with Crippen LogP contribution in [0.25, 0.3) is 0 Å². The molecule has 0 saturated heterocycles. The molecule has 3 aromatic carbocycles. The maximum Gasteiger partial charge on any atom is 0.343 e. The Labute approximate surface area is 153 Å². The second-order valence-electron chi connectivity index (χ2n) is 5.45. The first kappa shape index (κ1) is 17.8. The van der Waals surface area contributed by atoms with Crippen LogP contribution >= 0.6 is 0 Å². The summed E-state index contributed by atoms with van der Waals surface area (Å²) in [6.07, 6.45) is 0.704. The van der Waals surface area contributed by atoms with Crippen LogP contribution in [-0.2, 0) is 0 Å². The van der Waals surface area contributed by atoms with Crippen molar-refractivity contribution >= 4 is 17.9 Å². The first-order chi connectivity index (χ1) is 13.0. The van der Waals surface area contributed by atoms with Crippen LogP contribution in [0.3, 0.4) is 0 Å². The highest BCUT2D eigenvalue weighted by Crippen LogP contribution is 2.24. The van der Waals surface area contributed by atoms with Gasteiger partial charge in [0.05, 0.1) is 10.5 Å². The lowest BCUT2D eigenvalue weighted by Gasteiger charge is -2.07. The van der Waals surface area contributed by atoms with E-state index in [1.54, 1.807) is 36.4 Å². The Morgan fingerprint density at radius 3 is 1.85 bits per heavy atom. The van der Waals surface area contributed by atoms with Crippen LogP contribution in [0.4, 0.5) is 5.69 Å². The minimum atomic E-state index is -0.546. The van der Waals surface area contributed by atoms with Gasteiger partial charge in [-0.2, -0.15) is 0 Å². The summed E-state index contributed by atoms with van der Waals surface area (Å²) in [6.45, 7) is 0. The molecular weight excluding hydrogens is 350 g/mol. The van der Waals surface area contributed by atoms with E-state index in [1.807, 2.05) is 0 Å². The minimum absolute atomic E-state index is 0.0263. The highest BCUT2D eigenvalue weighted by Gasteiger charge is 2.10. The Balaban J connectivity index is 1.64. The van der Waals surface area contributed by atoms with Crippen molar-refractivity contribution in [1.82, 2.24) is 0 Å². The predicted molar refractivity (Wildman–Crippen MR) is 96.4 cm³/mol. The highest BCUT2D eigenvalue weighted by atomic mass is 16.6. The van der Waals surface area contributed by atoms with Crippen molar-refractivity contribution in [2.24, 2.45) is 0 Å². The first-order valence-corrected chi connectivity index (χ1v) is 7.85. The SMILES string of the molecule is O=Cc1ccc(OC(=O)c2ccc(Oc3ccc([N+](=O)[O-])cc3)cc2)cc1. The van der Waals surface area contributed by atoms with Gasteiger partial charge in [0.25, 0.3) is 5.69 Å². The molecule has 0 atom stereocenters. The Bertz CT molecular complexity index is 963. The van der Waals surface area contributed by atoms with Crippen molar-refractivity contribution < 1.29 is 24.0 Å². The predicted octanol–water partition coefficient (Wildman–Crippen LogP) is 4.42. The molecule has 134 valence electrons. The molecule has 3 rings (SSSR count). The fourth-order valence-electron chi connectivity index (χ4n) is 2.21. The molecule has 0 aromatic heterocycles. The van der Waals surface area contributed by atoms with E-state index in [0.717, 1.165) is 0 Å². The molecule has 0 spiro atoms. The maximum atomic E-state index is 12.1. The van der Waals surface area contributed by atoms with E-state index in [4.69, 9.17) is 9.47 Å². The minimum Gasteiger partial charge on any atom is -0.457 e. The topological polar surface area (TPSA) is 95.7 Å². The lowest BCUT2D eigenvalue weighted by molar-refractivity contribution is -0.384. The fraction of sp³-hybridized carbons (Fsp3) is 0. The van der Waals surface area contributed by atoms with Gasteiger partial charge in [0.2, 0.25) is 0 Å². The van der Waals surface area contributed by atoms with Crippen LogP contribution in [0.5, 0.6) is 17.2 Å². The van der Waals surface area contributed by atoms with Crippen molar-refractivity contribution in [2.75, 3.05) is 0 Å². The number of carbonyl (C=O) groups is 2. The van der Waals surface area contributed by atoms with E-state index in [-0.39, 0.29) is 5.69 Å². The number of rotatable bonds is 6. The molecular formula is C20H13NO6. The molecule has 0 amide bonds. The van der Waals surface area contributed by atoms with Crippen molar-refractivity contribution in [2.45, 2.75) is 0 Å². The zero-order valence-corrected chi connectivity index (χ0v) is 13.9. The average molecular weight is 363 g/mol. The number of hydrogen-bond donors (Lipinski definition) is 0. The third-order valence-corrected chi connectivity index (χ3v) is 3.60. The second kappa shape index (κ2) is 7.92. The van der Waals surface area contributed by atoms with Crippen LogP contribution in [-0.4, -0.2) is 17.2 Å². The summed E-state index contributed by atoms with van der Waals surface area (Å²) in [5.41, 5.74) is 0.787. The van der Waals surface area contributed by atoms with Crippen molar-refractivity contribution in [1.29, 1.82) is 0 Å². The number of carbonyl (C=O) groups excluding carboxylic acids is 2. The number of ether oxygens (including phenoxy) is 2. The number of aldehydes is 1. The van der Waals surface area contributed by atoms with Crippen molar-refractivity contribution in [3.8, 4) is 17.2 Å². The summed E-state index contributed by atoms with van der Waals surface area (Å²) in [4.78, 5) is 32.9.